The summed E-state index contributed by atoms with van der Waals surface area (Å²) in [5, 5.41) is 0. The van der Waals surface area contributed by atoms with Crippen molar-refractivity contribution in [2.24, 2.45) is 5.92 Å². The van der Waals surface area contributed by atoms with E-state index < -0.39 is 0 Å². The number of hydrogen-bond donors (Lipinski definition) is 0. The molecule has 2 saturated heterocycles. The monoisotopic (exact) mass is 424 g/mol. The molecule has 0 spiro atoms. The lowest BCUT2D eigenvalue weighted by atomic mass is 9.86. The van der Waals surface area contributed by atoms with E-state index >= 15 is 0 Å². The predicted molar refractivity (Wildman–Crippen MR) is 122 cm³/mol. The first-order valence-electron chi connectivity index (χ1n) is 11.3. The van der Waals surface area contributed by atoms with Crippen molar-refractivity contribution < 1.29 is 13.9 Å². The van der Waals surface area contributed by atoms with Crippen LogP contribution in [0.5, 0.6) is 0 Å². The fourth-order valence-electron chi connectivity index (χ4n) is 5.12. The molecule has 31 heavy (non-hydrogen) atoms. The maximum atomic E-state index is 14.3. The molecule has 2 heterocycles. The molecule has 2 aliphatic heterocycles. The van der Waals surface area contributed by atoms with Crippen LogP contribution in [-0.2, 0) is 16.1 Å². The normalized spacial score (nSPS) is 18.2. The van der Waals surface area contributed by atoms with E-state index in [4.69, 9.17) is 4.74 Å². The Hall–Kier alpha value is -2.40. The molecule has 2 aliphatic rings. The molecule has 4 nitrogen and oxygen atoms in total. The Kier molecular flexibility index (Phi) is 6.33. The maximum Gasteiger partial charge on any atom is 0.308 e. The minimum atomic E-state index is -0.128. The van der Waals surface area contributed by atoms with Gasteiger partial charge in [-0.2, -0.15) is 0 Å². The molecule has 2 fully saturated rings. The van der Waals surface area contributed by atoms with E-state index in [0.717, 1.165) is 56.8 Å². The zero-order chi connectivity index (χ0) is 22.1. The standard InChI is InChI=1S/C26H33FN2O2/c1-17-6-5-7-24(27)25(17)29-14-22(15-29)21-12-18(2)23(19(3)13-21)16-28-10-8-20(9-11-28)26(30)31-4/h5-7,12-13,20,22H,8-11,14-16H2,1-4H3. The van der Waals surface area contributed by atoms with Crippen molar-refractivity contribution in [2.45, 2.75) is 46.1 Å². The van der Waals surface area contributed by atoms with E-state index in [2.05, 4.69) is 35.8 Å². The molecule has 0 aliphatic carbocycles. The lowest BCUT2D eigenvalue weighted by Crippen LogP contribution is -2.46. The Morgan fingerprint density at radius 3 is 2.29 bits per heavy atom. The van der Waals surface area contributed by atoms with Crippen LogP contribution in [0.4, 0.5) is 10.1 Å². The second kappa shape index (κ2) is 8.99. The third kappa shape index (κ3) is 4.47. The Labute approximate surface area is 185 Å². The van der Waals surface area contributed by atoms with E-state index in [1.165, 1.54) is 29.4 Å². The molecule has 2 aromatic carbocycles. The van der Waals surface area contributed by atoms with Crippen LogP contribution in [-0.4, -0.2) is 44.2 Å². The molecule has 5 heteroatoms. The summed E-state index contributed by atoms with van der Waals surface area (Å²) in [6.45, 7) is 10.9. The van der Waals surface area contributed by atoms with Crippen molar-refractivity contribution in [3.8, 4) is 0 Å². The van der Waals surface area contributed by atoms with Gasteiger partial charge in [0.25, 0.3) is 0 Å². The Bertz CT molecular complexity index is 917. The number of hydrogen-bond acceptors (Lipinski definition) is 4. The van der Waals surface area contributed by atoms with Crippen molar-refractivity contribution >= 4 is 11.7 Å². The molecule has 0 aromatic heterocycles. The van der Waals surface area contributed by atoms with Gasteiger partial charge in [0, 0.05) is 25.6 Å². The number of methoxy groups -OCH3 is 1. The first-order chi connectivity index (χ1) is 14.9. The SMILES string of the molecule is COC(=O)C1CCN(Cc2c(C)cc(C3CN(c4c(C)cccc4F)C3)cc2C)CC1. The van der Waals surface area contributed by atoms with E-state index in [1.54, 1.807) is 12.1 Å². The Morgan fingerprint density at radius 2 is 1.71 bits per heavy atom. The molecular formula is C26H33FN2O2. The summed E-state index contributed by atoms with van der Waals surface area (Å²) in [6, 6.07) is 9.93. The molecule has 0 bridgehead atoms. The summed E-state index contributed by atoms with van der Waals surface area (Å²) >= 11 is 0. The van der Waals surface area contributed by atoms with Gasteiger partial charge in [-0.1, -0.05) is 24.3 Å². The minimum Gasteiger partial charge on any atom is -0.469 e. The second-order valence-electron chi connectivity index (χ2n) is 9.21. The smallest absolute Gasteiger partial charge is 0.308 e. The van der Waals surface area contributed by atoms with Gasteiger partial charge in [0.05, 0.1) is 18.7 Å². The van der Waals surface area contributed by atoms with Crippen LogP contribution >= 0.6 is 0 Å². The topological polar surface area (TPSA) is 32.8 Å². The number of ether oxygens (including phenoxy) is 1. The van der Waals surface area contributed by atoms with Crippen LogP contribution in [0.25, 0.3) is 0 Å². The number of carbonyl (C=O) groups excluding carboxylic acids is 1. The number of nitrogens with zero attached hydrogens (tertiary/aromatic N) is 2. The summed E-state index contributed by atoms with van der Waals surface area (Å²) in [7, 11) is 1.47. The quantitative estimate of drug-likeness (QED) is 0.649. The zero-order valence-corrected chi connectivity index (χ0v) is 19.1. The molecular weight excluding hydrogens is 391 g/mol. The molecule has 0 atom stereocenters. The van der Waals surface area contributed by atoms with Crippen molar-refractivity contribution in [2.75, 3.05) is 38.2 Å². The first-order valence-corrected chi connectivity index (χ1v) is 11.3. The second-order valence-corrected chi connectivity index (χ2v) is 9.21. The van der Waals surface area contributed by atoms with Crippen molar-refractivity contribution in [3.63, 3.8) is 0 Å². The van der Waals surface area contributed by atoms with Crippen LogP contribution < -0.4 is 4.90 Å². The highest BCUT2D eigenvalue weighted by molar-refractivity contribution is 5.72. The van der Waals surface area contributed by atoms with Crippen molar-refractivity contribution in [1.29, 1.82) is 0 Å². The predicted octanol–water partition coefficient (Wildman–Crippen LogP) is 4.74. The lowest BCUT2D eigenvalue weighted by molar-refractivity contribution is -0.147. The van der Waals surface area contributed by atoms with Gasteiger partial charge in [-0.25, -0.2) is 4.39 Å². The van der Waals surface area contributed by atoms with E-state index in [1.807, 2.05) is 13.0 Å². The van der Waals surface area contributed by atoms with Crippen LogP contribution in [0.1, 0.15) is 46.6 Å². The Morgan fingerprint density at radius 1 is 1.06 bits per heavy atom. The molecule has 2 aromatic rings. The number of esters is 1. The van der Waals surface area contributed by atoms with Crippen LogP contribution in [0, 0.1) is 32.5 Å². The Balaban J connectivity index is 1.39. The highest BCUT2D eigenvalue weighted by atomic mass is 19.1. The number of anilines is 1. The van der Waals surface area contributed by atoms with E-state index in [9.17, 15) is 9.18 Å². The van der Waals surface area contributed by atoms with Crippen molar-refractivity contribution in [3.05, 3.63) is 64.0 Å². The largest absolute Gasteiger partial charge is 0.469 e. The molecule has 0 amide bonds. The van der Waals surface area contributed by atoms with Crippen LogP contribution in [0.15, 0.2) is 30.3 Å². The van der Waals surface area contributed by atoms with Gasteiger partial charge < -0.3 is 9.64 Å². The summed E-state index contributed by atoms with van der Waals surface area (Å²) in [5.41, 5.74) is 7.14. The summed E-state index contributed by atoms with van der Waals surface area (Å²) in [4.78, 5) is 16.4. The summed E-state index contributed by atoms with van der Waals surface area (Å²) in [6.07, 6.45) is 1.74. The molecule has 0 radical (unpaired) electrons. The number of benzene rings is 2. The van der Waals surface area contributed by atoms with E-state index in [0.29, 0.717) is 5.92 Å². The van der Waals surface area contributed by atoms with Crippen molar-refractivity contribution in [1.82, 2.24) is 4.90 Å². The van der Waals surface area contributed by atoms with Gasteiger partial charge in [-0.05, 0) is 80.6 Å². The first kappa shape index (κ1) is 21.8. The number of aryl methyl sites for hydroxylation is 3. The van der Waals surface area contributed by atoms with Crippen LogP contribution in [0.2, 0.25) is 0 Å². The number of rotatable bonds is 5. The third-order valence-corrected chi connectivity index (χ3v) is 7.08. The van der Waals surface area contributed by atoms with Gasteiger partial charge in [-0.15, -0.1) is 0 Å². The summed E-state index contributed by atoms with van der Waals surface area (Å²) < 4.78 is 19.2. The molecule has 0 saturated carbocycles. The lowest BCUT2D eigenvalue weighted by Gasteiger charge is -2.42. The maximum absolute atomic E-state index is 14.3. The summed E-state index contributed by atoms with van der Waals surface area (Å²) in [5.74, 6) is 0.292. The van der Waals surface area contributed by atoms with Gasteiger partial charge in [0.2, 0.25) is 0 Å². The fourth-order valence-corrected chi connectivity index (χ4v) is 5.12. The van der Waals surface area contributed by atoms with E-state index in [-0.39, 0.29) is 17.7 Å². The van der Waals surface area contributed by atoms with Gasteiger partial charge in [0.1, 0.15) is 5.82 Å². The molecule has 4 rings (SSSR count). The number of piperidine rings is 1. The molecule has 0 unspecified atom stereocenters. The van der Waals surface area contributed by atoms with Gasteiger partial charge in [-0.3, -0.25) is 9.69 Å². The molecule has 0 N–H and O–H groups in total. The number of halogens is 1. The minimum absolute atomic E-state index is 0.0467. The number of para-hydroxylation sites is 1. The zero-order valence-electron chi connectivity index (χ0n) is 19.1. The average Bonchev–Trinajstić information content (AvgIpc) is 2.71. The highest BCUT2D eigenvalue weighted by Gasteiger charge is 2.31. The van der Waals surface area contributed by atoms with Gasteiger partial charge in [0.15, 0.2) is 0 Å². The van der Waals surface area contributed by atoms with Gasteiger partial charge >= 0.3 is 5.97 Å². The van der Waals surface area contributed by atoms with Crippen LogP contribution in [0.3, 0.4) is 0 Å². The third-order valence-electron chi connectivity index (χ3n) is 7.08. The fraction of sp³-hybridized carbons (Fsp3) is 0.500. The number of likely N-dealkylation sites (tertiary alicyclic amines) is 1. The number of carbonyl (C=O) groups is 1. The molecule has 166 valence electrons. The average molecular weight is 425 g/mol. The highest BCUT2D eigenvalue weighted by Crippen LogP contribution is 2.36.